The summed E-state index contributed by atoms with van der Waals surface area (Å²) in [5.74, 6) is 1.42. The van der Waals surface area contributed by atoms with Crippen molar-refractivity contribution in [2.75, 3.05) is 5.73 Å². The predicted octanol–water partition coefficient (Wildman–Crippen LogP) is 1.81. The van der Waals surface area contributed by atoms with Crippen LogP contribution < -0.4 is 11.3 Å². The zero-order chi connectivity index (χ0) is 12.4. The Kier molecular flexibility index (Phi) is 2.99. The van der Waals surface area contributed by atoms with E-state index in [1.54, 1.807) is 12.3 Å². The average molecular weight is 233 g/mol. The van der Waals surface area contributed by atoms with E-state index in [1.165, 1.54) is 6.07 Å². The minimum Gasteiger partial charge on any atom is -0.381 e. The Hall–Kier alpha value is -2.04. The topological polar surface area (TPSA) is 84.9 Å². The van der Waals surface area contributed by atoms with E-state index in [1.807, 2.05) is 0 Å². The molecular weight excluding hydrogens is 218 g/mol. The Labute approximate surface area is 98.6 Å². The number of anilines is 1. The number of hydrogen-bond donors (Lipinski definition) is 2. The van der Waals surface area contributed by atoms with Gasteiger partial charge in [-0.3, -0.25) is 4.79 Å². The molecule has 0 aliphatic carbocycles. The van der Waals surface area contributed by atoms with E-state index in [9.17, 15) is 4.79 Å². The fourth-order valence-electron chi connectivity index (χ4n) is 1.74. The van der Waals surface area contributed by atoms with Crippen LogP contribution in [0.4, 0.5) is 5.82 Å². The normalized spacial score (nSPS) is 11.0. The average Bonchev–Trinajstić information content (AvgIpc) is 2.60. The van der Waals surface area contributed by atoms with Gasteiger partial charge in [0.05, 0.1) is 0 Å². The second kappa shape index (κ2) is 4.45. The zero-order valence-electron chi connectivity index (χ0n) is 9.86. The minimum atomic E-state index is -0.173. The molecule has 0 saturated heterocycles. The Bertz CT molecular complexity index is 569. The van der Waals surface area contributed by atoms with E-state index in [0.29, 0.717) is 23.1 Å². The number of pyridine rings is 1. The van der Waals surface area contributed by atoms with Gasteiger partial charge in [-0.2, -0.15) is 0 Å². The number of nitrogen functional groups attached to an aromatic ring is 1. The summed E-state index contributed by atoms with van der Waals surface area (Å²) in [6.07, 6.45) is 2.35. The molecule has 5 heteroatoms. The smallest absolute Gasteiger partial charge is 0.248 e. The number of aromatic nitrogens is 2. The van der Waals surface area contributed by atoms with Gasteiger partial charge in [0.1, 0.15) is 0 Å². The highest BCUT2D eigenvalue weighted by molar-refractivity contribution is 5.65. The summed E-state index contributed by atoms with van der Waals surface area (Å²) in [5.41, 5.74) is 7.17. The van der Waals surface area contributed by atoms with Gasteiger partial charge in [-0.25, -0.2) is 0 Å². The van der Waals surface area contributed by atoms with Gasteiger partial charge in [0.15, 0.2) is 11.6 Å². The molecule has 0 fully saturated rings. The van der Waals surface area contributed by atoms with Gasteiger partial charge in [-0.1, -0.05) is 19.0 Å². The van der Waals surface area contributed by atoms with Crippen molar-refractivity contribution < 1.29 is 4.52 Å². The predicted molar refractivity (Wildman–Crippen MR) is 65.5 cm³/mol. The molecule has 17 heavy (non-hydrogen) atoms. The molecular formula is C12H15N3O2. The van der Waals surface area contributed by atoms with Crippen molar-refractivity contribution in [1.29, 1.82) is 0 Å². The van der Waals surface area contributed by atoms with Crippen LogP contribution >= 0.6 is 0 Å². The largest absolute Gasteiger partial charge is 0.381 e. The van der Waals surface area contributed by atoms with E-state index in [4.69, 9.17) is 10.3 Å². The van der Waals surface area contributed by atoms with Crippen molar-refractivity contribution in [3.63, 3.8) is 0 Å². The summed E-state index contributed by atoms with van der Waals surface area (Å²) in [7, 11) is 0. The first-order valence-electron chi connectivity index (χ1n) is 5.51. The lowest BCUT2D eigenvalue weighted by atomic mass is 10.0. The van der Waals surface area contributed by atoms with Crippen molar-refractivity contribution in [3.05, 3.63) is 34.2 Å². The van der Waals surface area contributed by atoms with Crippen molar-refractivity contribution in [2.24, 2.45) is 5.92 Å². The van der Waals surface area contributed by atoms with E-state index >= 15 is 0 Å². The Morgan fingerprint density at radius 3 is 2.94 bits per heavy atom. The van der Waals surface area contributed by atoms with Crippen LogP contribution in [-0.4, -0.2) is 10.1 Å². The van der Waals surface area contributed by atoms with Gasteiger partial charge in [0.2, 0.25) is 5.56 Å². The number of rotatable bonds is 3. The molecule has 0 radical (unpaired) electrons. The van der Waals surface area contributed by atoms with Gasteiger partial charge in [-0.15, -0.1) is 0 Å². The van der Waals surface area contributed by atoms with Gasteiger partial charge < -0.3 is 15.2 Å². The number of nitrogens with one attached hydrogen (secondary N) is 1. The number of aromatic amines is 1. The van der Waals surface area contributed by atoms with Gasteiger partial charge >= 0.3 is 0 Å². The Morgan fingerprint density at radius 1 is 1.53 bits per heavy atom. The maximum atomic E-state index is 11.3. The Balaban J connectivity index is 2.49. The molecule has 0 aliphatic rings. The van der Waals surface area contributed by atoms with Crippen LogP contribution in [0.15, 0.2) is 27.6 Å². The van der Waals surface area contributed by atoms with Crippen molar-refractivity contribution in [2.45, 2.75) is 20.3 Å². The molecule has 0 bridgehead atoms. The quantitative estimate of drug-likeness (QED) is 0.846. The second-order valence-electron chi connectivity index (χ2n) is 4.42. The molecule has 3 N–H and O–H groups in total. The Morgan fingerprint density at radius 2 is 2.29 bits per heavy atom. The van der Waals surface area contributed by atoms with E-state index < -0.39 is 0 Å². The summed E-state index contributed by atoms with van der Waals surface area (Å²) in [6.45, 7) is 4.18. The lowest BCUT2D eigenvalue weighted by Gasteiger charge is -2.04. The summed E-state index contributed by atoms with van der Waals surface area (Å²) in [4.78, 5) is 13.8. The highest BCUT2D eigenvalue weighted by Gasteiger charge is 2.16. The molecule has 0 aliphatic heterocycles. The fraction of sp³-hybridized carbons (Fsp3) is 0.333. The van der Waals surface area contributed by atoms with Gasteiger partial charge in [0.25, 0.3) is 0 Å². The van der Waals surface area contributed by atoms with Crippen LogP contribution in [0.1, 0.15) is 19.4 Å². The first-order chi connectivity index (χ1) is 8.08. The van der Waals surface area contributed by atoms with Crippen molar-refractivity contribution >= 4 is 5.82 Å². The highest BCUT2D eigenvalue weighted by Crippen LogP contribution is 2.28. The zero-order valence-corrected chi connectivity index (χ0v) is 9.86. The maximum absolute atomic E-state index is 11.3. The summed E-state index contributed by atoms with van der Waals surface area (Å²) >= 11 is 0. The van der Waals surface area contributed by atoms with Crippen molar-refractivity contribution in [1.82, 2.24) is 10.1 Å². The molecule has 2 aromatic rings. The maximum Gasteiger partial charge on any atom is 0.248 e. The first-order valence-corrected chi connectivity index (χ1v) is 5.51. The summed E-state index contributed by atoms with van der Waals surface area (Å²) in [5, 5.41) is 3.77. The molecule has 2 aromatic heterocycles. The van der Waals surface area contributed by atoms with E-state index in [0.717, 1.165) is 12.0 Å². The SMILES string of the molecule is CC(C)Cc1c(N)noc1-c1cc[nH]c(=O)c1. The van der Waals surface area contributed by atoms with Crippen molar-refractivity contribution in [3.8, 4) is 11.3 Å². The number of nitrogens with zero attached hydrogens (tertiary/aromatic N) is 1. The van der Waals surface area contributed by atoms with Crippen LogP contribution in [0.25, 0.3) is 11.3 Å². The molecule has 5 nitrogen and oxygen atoms in total. The molecule has 0 unspecified atom stereocenters. The monoisotopic (exact) mass is 233 g/mol. The molecule has 2 rings (SSSR count). The van der Waals surface area contributed by atoms with Gasteiger partial charge in [-0.05, 0) is 18.4 Å². The third-order valence-corrected chi connectivity index (χ3v) is 2.47. The lowest BCUT2D eigenvalue weighted by Crippen LogP contribution is -2.03. The lowest BCUT2D eigenvalue weighted by molar-refractivity contribution is 0.434. The molecule has 90 valence electrons. The number of H-pyrrole nitrogens is 1. The third kappa shape index (κ3) is 2.38. The molecule has 0 aromatic carbocycles. The van der Waals surface area contributed by atoms with E-state index in [2.05, 4.69) is 24.0 Å². The molecule has 0 amide bonds. The standard InChI is InChI=1S/C12H15N3O2/c1-7(2)5-9-11(17-15-12(9)13)8-3-4-14-10(16)6-8/h3-4,6-7H,5H2,1-2H3,(H2,13,15)(H,14,16). The third-order valence-electron chi connectivity index (χ3n) is 2.47. The van der Waals surface area contributed by atoms with Crippen LogP contribution in [-0.2, 0) is 6.42 Å². The summed E-state index contributed by atoms with van der Waals surface area (Å²) in [6, 6.07) is 3.24. The highest BCUT2D eigenvalue weighted by atomic mass is 16.5. The van der Waals surface area contributed by atoms with Crippen LogP contribution in [0.5, 0.6) is 0 Å². The van der Waals surface area contributed by atoms with Crippen LogP contribution in [0.2, 0.25) is 0 Å². The minimum absolute atomic E-state index is 0.173. The molecule has 2 heterocycles. The van der Waals surface area contributed by atoms with Gasteiger partial charge in [0, 0.05) is 23.4 Å². The van der Waals surface area contributed by atoms with Crippen LogP contribution in [0.3, 0.4) is 0 Å². The number of nitrogens with two attached hydrogens (primary N) is 1. The first kappa shape index (κ1) is 11.4. The second-order valence-corrected chi connectivity index (χ2v) is 4.42. The molecule has 0 spiro atoms. The molecule has 0 atom stereocenters. The van der Waals surface area contributed by atoms with Crippen LogP contribution in [0, 0.1) is 5.92 Å². The fourth-order valence-corrected chi connectivity index (χ4v) is 1.74. The van der Waals surface area contributed by atoms with E-state index in [-0.39, 0.29) is 5.56 Å². The molecule has 0 saturated carbocycles. The number of hydrogen-bond acceptors (Lipinski definition) is 4. The summed E-state index contributed by atoms with van der Waals surface area (Å²) < 4.78 is 5.21.